The van der Waals surface area contributed by atoms with E-state index in [4.69, 9.17) is 11.6 Å². The van der Waals surface area contributed by atoms with Crippen LogP contribution in [0.3, 0.4) is 0 Å². The maximum absolute atomic E-state index is 13.5. The molecule has 4 nitrogen and oxygen atoms in total. The molecule has 21 heavy (non-hydrogen) atoms. The van der Waals surface area contributed by atoms with Gasteiger partial charge in [0.15, 0.2) is 5.82 Å². The van der Waals surface area contributed by atoms with Crippen LogP contribution in [-0.2, 0) is 10.0 Å². The molecule has 1 aromatic rings. The van der Waals surface area contributed by atoms with Crippen molar-refractivity contribution in [1.29, 1.82) is 0 Å². The van der Waals surface area contributed by atoms with Crippen molar-refractivity contribution in [2.45, 2.75) is 31.7 Å². The Labute approximate surface area is 127 Å². The van der Waals surface area contributed by atoms with Gasteiger partial charge in [-0.2, -0.15) is 0 Å². The minimum atomic E-state index is -3.70. The molecule has 8 heteroatoms. The normalized spacial score (nSPS) is 15.2. The summed E-state index contributed by atoms with van der Waals surface area (Å²) in [6.07, 6.45) is 3.54. The minimum absolute atomic E-state index is 0.132. The number of sulfonamides is 1. The Morgan fingerprint density at radius 1 is 1.24 bits per heavy atom. The summed E-state index contributed by atoms with van der Waals surface area (Å²) < 4.78 is 52.2. The molecule has 0 aliphatic heterocycles. The lowest BCUT2D eigenvalue weighted by Crippen LogP contribution is -2.21. The number of rotatable bonds is 8. The van der Waals surface area contributed by atoms with Gasteiger partial charge in [0.2, 0.25) is 10.0 Å². The second kappa shape index (κ2) is 6.89. The fourth-order valence-corrected chi connectivity index (χ4v) is 3.36. The summed E-state index contributed by atoms with van der Waals surface area (Å²) in [7, 11) is -3.70. The van der Waals surface area contributed by atoms with E-state index >= 15 is 0 Å². The van der Waals surface area contributed by atoms with Gasteiger partial charge in [-0.3, -0.25) is 4.72 Å². The smallest absolute Gasteiger partial charge is 0.232 e. The van der Waals surface area contributed by atoms with Crippen LogP contribution in [0.15, 0.2) is 12.1 Å². The third-order valence-corrected chi connectivity index (χ3v) is 4.75. The van der Waals surface area contributed by atoms with Crippen LogP contribution in [0.1, 0.15) is 25.7 Å². The minimum Gasteiger partial charge on any atom is -0.314 e. The molecule has 2 rings (SSSR count). The van der Waals surface area contributed by atoms with Crippen molar-refractivity contribution in [3.63, 3.8) is 0 Å². The van der Waals surface area contributed by atoms with E-state index in [0.29, 0.717) is 18.5 Å². The lowest BCUT2D eigenvalue weighted by Gasteiger charge is -2.10. The lowest BCUT2D eigenvalue weighted by molar-refractivity contribution is 0.580. The Morgan fingerprint density at radius 3 is 2.57 bits per heavy atom. The van der Waals surface area contributed by atoms with Crippen LogP contribution in [0.4, 0.5) is 14.5 Å². The number of unbranched alkanes of at least 4 members (excludes halogenated alkanes) is 1. The van der Waals surface area contributed by atoms with Gasteiger partial charge in [-0.15, -0.1) is 0 Å². The maximum atomic E-state index is 13.5. The van der Waals surface area contributed by atoms with E-state index in [2.05, 4.69) is 10.0 Å². The van der Waals surface area contributed by atoms with E-state index in [1.807, 2.05) is 0 Å². The fraction of sp³-hybridized carbons (Fsp3) is 0.538. The summed E-state index contributed by atoms with van der Waals surface area (Å²) in [5, 5.41) is 2.98. The van der Waals surface area contributed by atoms with Crippen LogP contribution < -0.4 is 10.0 Å². The van der Waals surface area contributed by atoms with Gasteiger partial charge >= 0.3 is 0 Å². The summed E-state index contributed by atoms with van der Waals surface area (Å²) in [4.78, 5) is 0. The predicted molar refractivity (Wildman–Crippen MR) is 79.0 cm³/mol. The highest BCUT2D eigenvalue weighted by Gasteiger charge is 2.20. The molecule has 1 aromatic carbocycles. The SMILES string of the molecule is O=S(=O)(CCCCNC1CC1)Nc1c(F)cc(F)cc1Cl. The summed E-state index contributed by atoms with van der Waals surface area (Å²) >= 11 is 5.65. The van der Waals surface area contributed by atoms with Crippen LogP contribution in [0.5, 0.6) is 0 Å². The summed E-state index contributed by atoms with van der Waals surface area (Å²) in [6.45, 7) is 0.770. The van der Waals surface area contributed by atoms with Gasteiger partial charge < -0.3 is 5.32 Å². The molecule has 118 valence electrons. The Bertz CT molecular complexity index is 583. The molecule has 1 fully saturated rings. The average molecular weight is 339 g/mol. The molecule has 0 amide bonds. The summed E-state index contributed by atoms with van der Waals surface area (Å²) in [5.74, 6) is -2.02. The van der Waals surface area contributed by atoms with Crippen molar-refractivity contribution in [3.05, 3.63) is 28.8 Å². The zero-order valence-electron chi connectivity index (χ0n) is 11.3. The second-order valence-corrected chi connectivity index (χ2v) is 7.35. The first kappa shape index (κ1) is 16.5. The monoisotopic (exact) mass is 338 g/mol. The number of benzene rings is 1. The van der Waals surface area contributed by atoms with Crippen molar-refractivity contribution in [2.24, 2.45) is 0 Å². The van der Waals surface area contributed by atoms with Crippen LogP contribution in [-0.4, -0.2) is 26.8 Å². The van der Waals surface area contributed by atoms with Gasteiger partial charge in [0.05, 0.1) is 10.8 Å². The number of hydrogen-bond donors (Lipinski definition) is 2. The Morgan fingerprint density at radius 2 is 1.95 bits per heavy atom. The lowest BCUT2D eigenvalue weighted by atomic mass is 10.3. The Hall–Kier alpha value is -0.920. The van der Waals surface area contributed by atoms with Crippen molar-refractivity contribution in [3.8, 4) is 0 Å². The highest BCUT2D eigenvalue weighted by atomic mass is 35.5. The van der Waals surface area contributed by atoms with Gasteiger partial charge in [-0.1, -0.05) is 11.6 Å². The largest absolute Gasteiger partial charge is 0.314 e. The molecule has 1 aliphatic rings. The molecule has 0 spiro atoms. The third-order valence-electron chi connectivity index (χ3n) is 3.11. The molecule has 0 saturated heterocycles. The number of hydrogen-bond acceptors (Lipinski definition) is 3. The maximum Gasteiger partial charge on any atom is 0.232 e. The summed E-state index contributed by atoms with van der Waals surface area (Å²) in [6, 6.07) is 2.04. The van der Waals surface area contributed by atoms with E-state index in [0.717, 1.165) is 19.0 Å². The zero-order chi connectivity index (χ0) is 15.5. The number of nitrogens with one attached hydrogen (secondary N) is 2. The summed E-state index contributed by atoms with van der Waals surface area (Å²) in [5.41, 5.74) is -0.408. The molecule has 0 unspecified atom stereocenters. The number of halogens is 3. The van der Waals surface area contributed by atoms with E-state index in [1.165, 1.54) is 12.8 Å². The predicted octanol–water partition coefficient (Wildman–Crippen LogP) is 2.89. The molecular formula is C13H17ClF2N2O2S. The van der Waals surface area contributed by atoms with E-state index in [-0.39, 0.29) is 10.8 Å². The van der Waals surface area contributed by atoms with E-state index in [1.54, 1.807) is 0 Å². The first-order chi connectivity index (χ1) is 9.87. The quantitative estimate of drug-likeness (QED) is 0.717. The van der Waals surface area contributed by atoms with E-state index in [9.17, 15) is 17.2 Å². The average Bonchev–Trinajstić information content (AvgIpc) is 3.17. The third kappa shape index (κ3) is 5.41. The molecule has 1 aliphatic carbocycles. The van der Waals surface area contributed by atoms with Gasteiger partial charge in [-0.25, -0.2) is 17.2 Å². The molecule has 2 N–H and O–H groups in total. The zero-order valence-corrected chi connectivity index (χ0v) is 12.9. The molecule has 1 saturated carbocycles. The molecular weight excluding hydrogens is 322 g/mol. The van der Waals surface area contributed by atoms with Crippen molar-refractivity contribution >= 4 is 27.3 Å². The van der Waals surface area contributed by atoms with Crippen molar-refractivity contribution in [1.82, 2.24) is 5.32 Å². The van der Waals surface area contributed by atoms with Crippen molar-refractivity contribution in [2.75, 3.05) is 17.0 Å². The first-order valence-electron chi connectivity index (χ1n) is 6.76. The topological polar surface area (TPSA) is 58.2 Å². The van der Waals surface area contributed by atoms with Crippen LogP contribution >= 0.6 is 11.6 Å². The Balaban J connectivity index is 1.85. The highest BCUT2D eigenvalue weighted by Crippen LogP contribution is 2.27. The van der Waals surface area contributed by atoms with Gasteiger partial charge in [0, 0.05) is 12.1 Å². The number of anilines is 1. The molecule has 0 heterocycles. The molecule has 0 bridgehead atoms. The van der Waals surface area contributed by atoms with Crippen LogP contribution in [0.2, 0.25) is 5.02 Å². The van der Waals surface area contributed by atoms with Gasteiger partial charge in [-0.05, 0) is 38.3 Å². The molecule has 0 radical (unpaired) electrons. The standard InChI is InChI=1S/C13H17ClF2N2O2S/c14-11-7-9(15)8-12(16)13(11)18-21(19,20)6-2-1-5-17-10-3-4-10/h7-8,10,17-18H,1-6H2. The van der Waals surface area contributed by atoms with Crippen LogP contribution in [0, 0.1) is 11.6 Å². The fourth-order valence-electron chi connectivity index (χ4n) is 1.86. The highest BCUT2D eigenvalue weighted by molar-refractivity contribution is 7.92. The van der Waals surface area contributed by atoms with Crippen molar-refractivity contribution < 1.29 is 17.2 Å². The first-order valence-corrected chi connectivity index (χ1v) is 8.79. The Kier molecular flexibility index (Phi) is 5.40. The van der Waals surface area contributed by atoms with Gasteiger partial charge in [0.25, 0.3) is 0 Å². The molecule has 0 aromatic heterocycles. The molecule has 0 atom stereocenters. The van der Waals surface area contributed by atoms with Crippen LogP contribution in [0.25, 0.3) is 0 Å². The second-order valence-electron chi connectivity index (χ2n) is 5.10. The van der Waals surface area contributed by atoms with E-state index < -0.39 is 27.3 Å². The van der Waals surface area contributed by atoms with Gasteiger partial charge in [0.1, 0.15) is 11.5 Å².